The number of carbonyl (C=O) groups excluding carboxylic acids is 4. The monoisotopic (exact) mass is 668 g/mol. The summed E-state index contributed by atoms with van der Waals surface area (Å²) in [6, 6.07) is 0.0653. The van der Waals surface area contributed by atoms with Gasteiger partial charge in [0.2, 0.25) is 17.7 Å². The molecule has 0 aromatic rings. The smallest absolute Gasteiger partial charge is 0.444 e. The quantitative estimate of drug-likeness (QED) is 0.216. The van der Waals surface area contributed by atoms with Crippen molar-refractivity contribution in [3.05, 3.63) is 0 Å². The highest BCUT2D eigenvalue weighted by molar-refractivity contribution is 6.87. The summed E-state index contributed by atoms with van der Waals surface area (Å²) < 4.78 is 28.5. The Kier molecular flexibility index (Phi) is 15.7. The third-order valence-corrected chi connectivity index (χ3v) is 15.1. The Morgan fingerprint density at radius 1 is 0.933 bits per heavy atom. The summed E-state index contributed by atoms with van der Waals surface area (Å²) in [5.41, 5.74) is 0.809. The Morgan fingerprint density at radius 2 is 1.53 bits per heavy atom. The van der Waals surface area contributed by atoms with E-state index in [1.54, 1.807) is 16.8 Å². The second-order valence-corrected chi connectivity index (χ2v) is 18.3. The third-order valence-electron chi connectivity index (χ3n) is 9.42. The normalized spacial score (nSPS) is 25.6. The molecular weight excluding hydrogens is 613 g/mol. The number of nitrogens with one attached hydrogen (secondary N) is 1. The van der Waals surface area contributed by atoms with Crippen molar-refractivity contribution in [2.75, 3.05) is 39.8 Å². The Labute approximate surface area is 272 Å². The molecule has 0 aromatic carbocycles. The number of amides is 4. The fraction of sp³-hybridized carbons (Fsp3) is 0.871. The van der Waals surface area contributed by atoms with Crippen molar-refractivity contribution in [2.45, 2.75) is 134 Å². The highest BCUT2D eigenvalue weighted by atomic mass is 28.4. The van der Waals surface area contributed by atoms with Gasteiger partial charge in [-0.2, -0.15) is 0 Å². The van der Waals surface area contributed by atoms with Crippen LogP contribution in [0, 0.1) is 0 Å². The van der Waals surface area contributed by atoms with Gasteiger partial charge >= 0.3 is 15.4 Å². The molecule has 45 heavy (non-hydrogen) atoms. The second-order valence-electron chi connectivity index (χ2n) is 13.6. The molecule has 0 spiro atoms. The zero-order valence-corrected chi connectivity index (χ0v) is 30.5. The van der Waals surface area contributed by atoms with E-state index in [0.29, 0.717) is 45.4 Å². The van der Waals surface area contributed by atoms with Crippen molar-refractivity contribution in [1.29, 1.82) is 0 Å². The fourth-order valence-electron chi connectivity index (χ4n) is 6.78. The van der Waals surface area contributed by atoms with E-state index in [9.17, 15) is 19.2 Å². The summed E-state index contributed by atoms with van der Waals surface area (Å²) in [6.45, 7) is 15.2. The van der Waals surface area contributed by atoms with Gasteiger partial charge in [-0.1, -0.05) is 20.3 Å². The van der Waals surface area contributed by atoms with Gasteiger partial charge < -0.3 is 24.3 Å². The van der Waals surface area contributed by atoms with Gasteiger partial charge in [0.1, 0.15) is 17.7 Å². The summed E-state index contributed by atoms with van der Waals surface area (Å²) in [5, 5.41) is 3.06. The first-order chi connectivity index (χ1) is 21.2. The van der Waals surface area contributed by atoms with E-state index in [4.69, 9.17) is 18.1 Å². The predicted molar refractivity (Wildman–Crippen MR) is 173 cm³/mol. The van der Waals surface area contributed by atoms with Crippen LogP contribution < -0.4 is 5.32 Å². The van der Waals surface area contributed by atoms with Gasteiger partial charge in [0, 0.05) is 46.3 Å². The van der Waals surface area contributed by atoms with Crippen LogP contribution in [0.1, 0.15) is 99.3 Å². The molecule has 3 aliphatic heterocycles. The number of unbranched alkanes of at least 4 members (excludes halogenated alkanes) is 2. The molecule has 1 N–H and O–H groups in total. The first kappa shape index (κ1) is 38.9. The molecule has 3 saturated heterocycles. The third kappa shape index (κ3) is 11.2. The molecule has 4 amide bonds. The van der Waals surface area contributed by atoms with Crippen molar-refractivity contribution in [3.63, 3.8) is 0 Å². The highest BCUT2D eigenvalue weighted by Crippen LogP contribution is 2.61. The van der Waals surface area contributed by atoms with Crippen LogP contribution in [0.3, 0.4) is 0 Å². The molecule has 0 radical (unpaired) electrons. The summed E-state index contributed by atoms with van der Waals surface area (Å²) in [5.74, 6) is -0.103. The lowest BCUT2D eigenvalue weighted by Crippen LogP contribution is -2.53. The summed E-state index contributed by atoms with van der Waals surface area (Å²) in [6.07, 6.45) is 6.23. The van der Waals surface area contributed by atoms with Crippen LogP contribution in [0.2, 0.25) is 17.1 Å². The Hall–Kier alpha value is -2.33. The maximum Gasteiger partial charge on any atom is 0.549 e. The maximum atomic E-state index is 13.5. The lowest BCUT2D eigenvalue weighted by atomic mass is 10.1. The van der Waals surface area contributed by atoms with Gasteiger partial charge in [0.05, 0.1) is 0 Å². The molecule has 2 unspecified atom stereocenters. The van der Waals surface area contributed by atoms with Gasteiger partial charge in [-0.15, -0.1) is 0 Å². The number of ether oxygens (including phenoxy) is 1. The van der Waals surface area contributed by atoms with E-state index in [-0.39, 0.29) is 17.7 Å². The van der Waals surface area contributed by atoms with Crippen molar-refractivity contribution in [2.24, 2.45) is 0 Å². The summed E-state index contributed by atoms with van der Waals surface area (Å²) >= 11 is 0. The molecule has 0 saturated carbocycles. The number of nitrogens with zero attached hydrogens (tertiary/aromatic N) is 3. The van der Waals surface area contributed by atoms with Crippen LogP contribution in [0.4, 0.5) is 4.79 Å². The van der Waals surface area contributed by atoms with E-state index in [1.807, 2.05) is 20.8 Å². The van der Waals surface area contributed by atoms with Crippen molar-refractivity contribution in [3.8, 4) is 0 Å². The summed E-state index contributed by atoms with van der Waals surface area (Å²) in [7, 11) is -1.18. The van der Waals surface area contributed by atoms with Crippen molar-refractivity contribution in [1.82, 2.24) is 20.0 Å². The van der Waals surface area contributed by atoms with Gasteiger partial charge in [-0.3, -0.25) is 28.2 Å². The van der Waals surface area contributed by atoms with Crippen LogP contribution in [0.15, 0.2) is 0 Å². The van der Waals surface area contributed by atoms with Crippen LogP contribution in [0.5, 0.6) is 0 Å². The lowest BCUT2D eigenvalue weighted by molar-refractivity contribution is -0.145. The molecule has 3 heterocycles. The number of hydrogen-bond acceptors (Lipinski definition) is 8. The molecule has 3 aliphatic rings. The average Bonchev–Trinajstić information content (AvgIpc) is 3.46. The molecule has 0 aliphatic carbocycles. The minimum atomic E-state index is -1.56. The first-order valence-corrected chi connectivity index (χ1v) is 19.8. The highest BCUT2D eigenvalue weighted by Gasteiger charge is 2.62. The minimum Gasteiger partial charge on any atom is -0.444 e. The van der Waals surface area contributed by atoms with Crippen molar-refractivity contribution >= 4 is 41.4 Å². The number of carbonyl (C=O) groups is 4. The average molecular weight is 669 g/mol. The van der Waals surface area contributed by atoms with E-state index < -0.39 is 41.4 Å². The van der Waals surface area contributed by atoms with Gasteiger partial charge in [-0.25, -0.2) is 4.79 Å². The predicted octanol–water partition coefficient (Wildman–Crippen LogP) is 4.06. The molecule has 3 rings (SSSR count). The standard InChI is InChI=1S/C31H56N4O6Si.O2Si/c1-8-40-42(23(2)24(42)3)22-14-18-32-27(36)17-10-9-11-19-33(7)28(37)25-15-12-20-34(25)29(38)26-16-13-21-35(26)30(39)41-31(4,5)6;1-3-2/h23-26H,8-22H2,1-7H3,(H,32,36);/t23?,24?,25-,26-,42?;/m0./s1. The molecule has 4 atom stereocenters. The zero-order chi connectivity index (χ0) is 33.8. The molecular formula is C31H56N4O8Si2. The fourth-order valence-corrected chi connectivity index (χ4v) is 11.8. The first-order valence-electron chi connectivity index (χ1n) is 16.7. The zero-order valence-electron chi connectivity index (χ0n) is 28.5. The Morgan fingerprint density at radius 3 is 2.11 bits per heavy atom. The number of likely N-dealkylation sites (tertiary alicyclic amines) is 2. The lowest BCUT2D eigenvalue weighted by Gasteiger charge is -2.33. The van der Waals surface area contributed by atoms with Gasteiger partial charge in [-0.05, 0) is 89.8 Å². The van der Waals surface area contributed by atoms with Crippen LogP contribution in [-0.4, -0.2) is 114 Å². The van der Waals surface area contributed by atoms with E-state index in [1.165, 1.54) is 4.90 Å². The maximum absolute atomic E-state index is 13.5. The minimum absolute atomic E-state index is 0.0481. The molecule has 0 bridgehead atoms. The molecule has 3 fully saturated rings. The van der Waals surface area contributed by atoms with E-state index >= 15 is 0 Å². The van der Waals surface area contributed by atoms with E-state index in [0.717, 1.165) is 62.3 Å². The molecule has 12 nitrogen and oxygen atoms in total. The number of likely N-dealkylation sites (N-methyl/N-ethyl adjacent to an activating group) is 1. The van der Waals surface area contributed by atoms with Crippen molar-refractivity contribution < 1.29 is 37.3 Å². The summed E-state index contributed by atoms with van der Waals surface area (Å²) in [4.78, 5) is 56.7. The molecule has 0 aromatic heterocycles. The van der Waals surface area contributed by atoms with Crippen LogP contribution in [0.25, 0.3) is 0 Å². The van der Waals surface area contributed by atoms with Gasteiger partial charge in [0.15, 0.2) is 8.32 Å². The number of rotatable bonds is 14. The number of hydrogen-bond donors (Lipinski definition) is 1. The van der Waals surface area contributed by atoms with Gasteiger partial charge in [0.25, 0.3) is 0 Å². The SMILES string of the molecule is CCO[Si]1(CCCNC(=O)CCCCCN(C)C(=O)[C@@H]2CCCN2C(=O)[C@@H]2CCCN2C(=O)OC(C)(C)C)C(C)C1C.O=[Si]=O. The topological polar surface area (TPSA) is 143 Å². The van der Waals surface area contributed by atoms with Crippen LogP contribution >= 0.6 is 0 Å². The van der Waals surface area contributed by atoms with Crippen LogP contribution in [-0.2, 0) is 32.5 Å². The second kappa shape index (κ2) is 18.1. The molecule has 14 heteroatoms. The largest absolute Gasteiger partial charge is 0.549 e. The van der Waals surface area contributed by atoms with E-state index in [2.05, 4.69) is 26.1 Å². The Bertz CT molecular complexity index is 1040. The molecule has 256 valence electrons. The Balaban J connectivity index is 0.00000226.